The first-order chi connectivity index (χ1) is 8.92. The third-order valence-electron chi connectivity index (χ3n) is 1.55. The van der Waals surface area contributed by atoms with Crippen LogP contribution < -0.4 is 34.7 Å². The van der Waals surface area contributed by atoms with E-state index < -0.39 is 48.7 Å². The minimum absolute atomic E-state index is 0. The van der Waals surface area contributed by atoms with Crippen molar-refractivity contribution in [1.29, 1.82) is 0 Å². The Hall–Kier alpha value is -2.05. The first-order valence-electron chi connectivity index (χ1n) is 4.42. The fourth-order valence-electron chi connectivity index (χ4n) is 0.985. The summed E-state index contributed by atoms with van der Waals surface area (Å²) in [6.45, 7) is 0. The molecule has 0 aromatic carbocycles. The molecule has 0 aromatic rings. The minimum Gasteiger partial charge on any atom is -0.565 e. The van der Waals surface area contributed by atoms with Gasteiger partial charge in [-0.25, -0.2) is 9.59 Å². The van der Waals surface area contributed by atoms with Crippen LogP contribution in [0.15, 0.2) is 0 Å². The fraction of sp³-hybridized carbons (Fsp3) is 0.375. The molecular weight excluding hydrogens is 311 g/mol. The van der Waals surface area contributed by atoms with Gasteiger partial charge in [0.15, 0.2) is 0 Å². The second-order valence-corrected chi connectivity index (χ2v) is 3.07. The van der Waals surface area contributed by atoms with Crippen LogP contribution in [0.3, 0.4) is 0 Å². The maximum atomic E-state index is 10.7. The van der Waals surface area contributed by atoms with Crippen molar-refractivity contribution in [3.63, 3.8) is 0 Å². The number of ether oxygens (including phenoxy) is 1. The molecule has 0 rings (SSSR count). The standard InChI is InChI=1S/C7H8O9.CH2O3.Na/c8-3(9)1-7(5(12)13,2-4(10)11)16-6(14)15;2-1(3)4;/h1-2H2,(H,8,9)(H,10,11)(H,12,13)(H,14,15);(H2,2,3,4);/q;;+1/p-1. The summed E-state index contributed by atoms with van der Waals surface area (Å²) in [5, 5.41) is 49.0. The van der Waals surface area contributed by atoms with Gasteiger partial charge in [-0.1, -0.05) is 0 Å². The first-order valence-corrected chi connectivity index (χ1v) is 4.42. The second kappa shape index (κ2) is 10.7. The normalized spacial score (nSPS) is 9.14. The van der Waals surface area contributed by atoms with Gasteiger partial charge in [0.25, 0.3) is 0 Å². The smallest absolute Gasteiger partial charge is 0.565 e. The molecule has 0 unspecified atom stereocenters. The van der Waals surface area contributed by atoms with Gasteiger partial charge in [0.1, 0.15) is 0 Å². The summed E-state index contributed by atoms with van der Waals surface area (Å²) in [7, 11) is 0. The SMILES string of the molecule is O=C(O)CC(CC(=O)O)(OC(=O)O)C(=O)O.O=C([O-])O.[Na+]. The van der Waals surface area contributed by atoms with Crippen molar-refractivity contribution in [3.8, 4) is 0 Å². The summed E-state index contributed by atoms with van der Waals surface area (Å²) in [5.41, 5.74) is -2.82. The van der Waals surface area contributed by atoms with Crippen LogP contribution in [0, 0.1) is 0 Å². The van der Waals surface area contributed by atoms with Crippen molar-refractivity contribution in [2.75, 3.05) is 0 Å². The molecule has 0 aliphatic heterocycles. The molecule has 0 aromatic heterocycles. The molecule has 0 spiro atoms. The van der Waals surface area contributed by atoms with E-state index in [1.54, 1.807) is 0 Å². The number of carboxylic acid groups (broad SMARTS) is 6. The Balaban J connectivity index is -0.000000572. The van der Waals surface area contributed by atoms with E-state index in [9.17, 15) is 19.2 Å². The van der Waals surface area contributed by atoms with E-state index in [0.717, 1.165) is 0 Å². The molecule has 0 atom stereocenters. The van der Waals surface area contributed by atoms with Crippen LogP contribution >= 0.6 is 0 Å². The zero-order valence-corrected chi connectivity index (χ0v) is 12.5. The molecule has 0 amide bonds. The van der Waals surface area contributed by atoms with Crippen LogP contribution in [0.4, 0.5) is 9.59 Å². The largest absolute Gasteiger partial charge is 1.00 e. The van der Waals surface area contributed by atoms with Crippen molar-refractivity contribution >= 4 is 30.2 Å². The van der Waals surface area contributed by atoms with Gasteiger partial charge in [-0.2, -0.15) is 0 Å². The molecular formula is C8H9NaO12. The predicted octanol–water partition coefficient (Wildman–Crippen LogP) is -4.65. The van der Waals surface area contributed by atoms with E-state index in [1.807, 2.05) is 0 Å². The molecule has 0 aliphatic rings. The summed E-state index contributed by atoms with van der Waals surface area (Å²) in [6.07, 6.45) is -6.70. The fourth-order valence-corrected chi connectivity index (χ4v) is 0.985. The van der Waals surface area contributed by atoms with Crippen molar-refractivity contribution in [3.05, 3.63) is 0 Å². The van der Waals surface area contributed by atoms with Crippen molar-refractivity contribution < 1.29 is 88.9 Å². The molecule has 114 valence electrons. The van der Waals surface area contributed by atoms with Crippen LogP contribution in [-0.4, -0.2) is 61.4 Å². The van der Waals surface area contributed by atoms with Crippen LogP contribution in [0.5, 0.6) is 0 Å². The maximum absolute atomic E-state index is 10.7. The molecule has 0 bridgehead atoms. The average Bonchev–Trinajstić information content (AvgIpc) is 2.11. The molecule has 0 radical (unpaired) electrons. The predicted molar refractivity (Wildman–Crippen MR) is 52.0 cm³/mol. The van der Waals surface area contributed by atoms with E-state index in [0.29, 0.717) is 0 Å². The molecule has 0 fully saturated rings. The topological polar surface area (TPSA) is 219 Å². The van der Waals surface area contributed by atoms with Gasteiger partial charge in [-0.15, -0.1) is 0 Å². The summed E-state index contributed by atoms with van der Waals surface area (Å²) in [5.74, 6) is -5.35. The van der Waals surface area contributed by atoms with Gasteiger partial charge in [-0.3, -0.25) is 9.59 Å². The summed E-state index contributed by atoms with van der Waals surface area (Å²) < 4.78 is 3.88. The quantitative estimate of drug-likeness (QED) is 0.230. The molecule has 5 N–H and O–H groups in total. The Kier molecular flexibility index (Phi) is 12.2. The number of hydrogen-bond donors (Lipinski definition) is 5. The number of carboxylic acids is 3. The van der Waals surface area contributed by atoms with E-state index in [1.165, 1.54) is 0 Å². The van der Waals surface area contributed by atoms with E-state index in [-0.39, 0.29) is 29.6 Å². The van der Waals surface area contributed by atoms with E-state index in [2.05, 4.69) is 4.74 Å². The van der Waals surface area contributed by atoms with Crippen LogP contribution in [0.25, 0.3) is 0 Å². The zero-order chi connectivity index (χ0) is 16.5. The van der Waals surface area contributed by atoms with Gasteiger partial charge in [0.2, 0.25) is 11.8 Å². The molecule has 12 nitrogen and oxygen atoms in total. The van der Waals surface area contributed by atoms with Crippen LogP contribution in [-0.2, 0) is 19.1 Å². The van der Waals surface area contributed by atoms with Crippen molar-refractivity contribution in [2.45, 2.75) is 18.4 Å². The molecule has 21 heavy (non-hydrogen) atoms. The number of carbonyl (C=O) groups is 5. The third kappa shape index (κ3) is 12.7. The zero-order valence-electron chi connectivity index (χ0n) is 10.5. The Labute approximate surface area is 137 Å². The summed E-state index contributed by atoms with van der Waals surface area (Å²) in [4.78, 5) is 50.1. The van der Waals surface area contributed by atoms with Gasteiger partial charge in [-0.05, 0) is 0 Å². The Morgan fingerprint density at radius 3 is 1.29 bits per heavy atom. The molecule has 0 saturated carbocycles. The number of rotatable bonds is 6. The number of hydrogen-bond acceptors (Lipinski definition) is 7. The summed E-state index contributed by atoms with van der Waals surface area (Å²) >= 11 is 0. The molecule has 0 heterocycles. The molecule has 13 heteroatoms. The Morgan fingerprint density at radius 1 is 0.857 bits per heavy atom. The van der Waals surface area contributed by atoms with E-state index >= 15 is 0 Å². The second-order valence-electron chi connectivity index (χ2n) is 3.07. The Bertz CT molecular complexity index is 371. The Morgan fingerprint density at radius 2 is 1.14 bits per heavy atom. The number of aliphatic carboxylic acids is 3. The maximum Gasteiger partial charge on any atom is 1.00 e. The van der Waals surface area contributed by atoms with Gasteiger partial charge in [0.05, 0.1) is 12.8 Å². The molecule has 0 saturated heterocycles. The first kappa shape index (κ1) is 24.0. The van der Waals surface area contributed by atoms with Gasteiger partial charge < -0.3 is 40.2 Å². The van der Waals surface area contributed by atoms with Crippen molar-refractivity contribution in [1.82, 2.24) is 0 Å². The minimum atomic E-state index is -2.82. The van der Waals surface area contributed by atoms with Crippen LogP contribution in [0.2, 0.25) is 0 Å². The third-order valence-corrected chi connectivity index (χ3v) is 1.55. The average molecular weight is 320 g/mol. The van der Waals surface area contributed by atoms with Gasteiger partial charge in [0, 0.05) is 0 Å². The van der Waals surface area contributed by atoms with Crippen molar-refractivity contribution in [2.24, 2.45) is 0 Å². The monoisotopic (exact) mass is 320 g/mol. The van der Waals surface area contributed by atoms with Crippen LogP contribution in [0.1, 0.15) is 12.8 Å². The van der Waals surface area contributed by atoms with Gasteiger partial charge >= 0.3 is 53.6 Å². The molecule has 0 aliphatic carbocycles. The summed E-state index contributed by atoms with van der Waals surface area (Å²) in [6, 6.07) is 0. The van der Waals surface area contributed by atoms with E-state index in [4.69, 9.17) is 35.4 Å².